The van der Waals surface area contributed by atoms with Crippen LogP contribution in [0.2, 0.25) is 5.02 Å². The SMILES string of the molecule is CNCCOc1cc(NC(=O)NC(=O)C[C@@H]2NC(=O)[C@H](NC(=O)[C@@H](CC(C)C)NC)[C@H](O)c3ccc(c(C)c3)Oc3cc4cc(c3O[C@@H]3O[C@@H]5CNC(=O)O[C@H]5[C@H](O)[C@H]3O)Oc3ccc(cc3Cl)[C@@H](O)[C@@H]3NC(=O)[C@H](NC(=O)[C@@H]4NC2=O)c2ccc(O)c(c2)-c2c(O)cc(O)cc2[C@@H](C(=O)NC2C4CC5CC(C4)CC2C5)NC3=O)cc(OCCNC)c1. The molecule has 2 saturated heterocycles. The fourth-order valence-electron chi connectivity index (χ4n) is 17.5. The topological polar surface area (TPSA) is 533 Å². The Balaban J connectivity index is 0.934. The van der Waals surface area contributed by atoms with Crippen LogP contribution in [0.5, 0.6) is 57.5 Å². The Bertz CT molecular complexity index is 5000. The predicted molar refractivity (Wildman–Crippen MR) is 432 cm³/mol. The lowest BCUT2D eigenvalue weighted by atomic mass is 9.54. The van der Waals surface area contributed by atoms with E-state index in [1.54, 1.807) is 20.2 Å². The molecule has 20 N–H and O–H groups in total. The number of amides is 11. The molecule has 7 heterocycles. The summed E-state index contributed by atoms with van der Waals surface area (Å²) in [6, 6.07) is 4.01. The predicted octanol–water partition coefficient (Wildman–Crippen LogP) is 3.19. The van der Waals surface area contributed by atoms with Crippen LogP contribution < -0.4 is 92.8 Å². The number of nitrogens with one attached hydrogen (secondary N) is 13. The van der Waals surface area contributed by atoms with Crippen LogP contribution in [0.1, 0.15) is 123 Å². The van der Waals surface area contributed by atoms with Gasteiger partial charge in [0, 0.05) is 60.2 Å². The maximum absolute atomic E-state index is 16.6. The Kier molecular flexibility index (Phi) is 26.2. The fraction of sp³-hybridized carbons (Fsp3) is 0.452. The molecule has 7 aliphatic heterocycles. The number of imide groups is 1. The number of aromatic hydroxyl groups is 3. The second-order valence-corrected chi connectivity index (χ2v) is 32.8. The molecule has 17 rings (SSSR count). The van der Waals surface area contributed by atoms with Gasteiger partial charge in [0.05, 0.1) is 24.0 Å². The van der Waals surface area contributed by atoms with E-state index in [2.05, 4.69) is 69.1 Å². The number of phenols is 3. The van der Waals surface area contributed by atoms with Gasteiger partial charge in [-0.15, -0.1) is 0 Å². The van der Waals surface area contributed by atoms with Crippen LogP contribution in [-0.4, -0.2) is 210 Å². The van der Waals surface area contributed by atoms with Gasteiger partial charge >= 0.3 is 12.1 Å². The minimum absolute atomic E-state index is 0.0497. The van der Waals surface area contributed by atoms with Gasteiger partial charge in [-0.2, -0.15) is 0 Å². The molecule has 11 amide bonds. The Morgan fingerprint density at radius 3 is 1.90 bits per heavy atom. The van der Waals surface area contributed by atoms with Crippen LogP contribution in [0.3, 0.4) is 0 Å². The van der Waals surface area contributed by atoms with E-state index in [-0.39, 0.29) is 123 Å². The molecule has 14 atom stereocenters. The molecule has 6 fully saturated rings. The van der Waals surface area contributed by atoms with E-state index >= 15 is 28.8 Å². The minimum atomic E-state index is -2.37. The zero-order chi connectivity index (χ0) is 86.8. The van der Waals surface area contributed by atoms with Gasteiger partial charge in [0.1, 0.15) is 120 Å². The summed E-state index contributed by atoms with van der Waals surface area (Å²) in [4.78, 5) is 151. The van der Waals surface area contributed by atoms with E-state index in [1.165, 1.54) is 56.4 Å². The van der Waals surface area contributed by atoms with Crippen molar-refractivity contribution in [3.8, 4) is 68.6 Å². The summed E-state index contributed by atoms with van der Waals surface area (Å²) in [5.74, 6) is -12.4. The smallest absolute Gasteiger partial charge is 0.407 e. The maximum atomic E-state index is 16.6. The molecule has 11 aliphatic rings. The van der Waals surface area contributed by atoms with Crippen LogP contribution in [0.4, 0.5) is 15.3 Å². The summed E-state index contributed by atoms with van der Waals surface area (Å²) in [5.41, 5.74) is -1.76. The van der Waals surface area contributed by atoms with Crippen molar-refractivity contribution in [1.82, 2.24) is 63.8 Å². The molecule has 0 radical (unpaired) electrons. The number of aliphatic hydroxyl groups is 4. The number of carbonyl (C=O) groups excluding carboxylic acids is 10. The van der Waals surface area contributed by atoms with E-state index in [0.717, 1.165) is 80.6 Å². The molecule has 15 bridgehead atoms. The number of phenolic OH excluding ortho intramolecular Hbond substituents is 3. The number of aryl methyl sites for hydroxylation is 1. The molecule has 122 heavy (non-hydrogen) atoms. The number of likely N-dealkylation sites (N-methyl/N-ethyl adjacent to an activating group) is 3. The fourth-order valence-corrected chi connectivity index (χ4v) is 17.7. The van der Waals surface area contributed by atoms with Gasteiger partial charge in [-0.3, -0.25) is 43.7 Å². The molecule has 6 aromatic rings. The summed E-state index contributed by atoms with van der Waals surface area (Å²) < 4.78 is 43.5. The zero-order valence-corrected chi connectivity index (χ0v) is 68.0. The molecule has 4 saturated carbocycles. The largest absolute Gasteiger partial charge is 0.508 e. The number of rotatable bonds is 20. The van der Waals surface area contributed by atoms with Crippen molar-refractivity contribution in [1.29, 1.82) is 0 Å². The number of anilines is 1. The van der Waals surface area contributed by atoms with Crippen LogP contribution >= 0.6 is 11.6 Å². The van der Waals surface area contributed by atoms with Crippen molar-refractivity contribution >= 4 is 76.7 Å². The number of halogens is 1. The molecule has 0 unspecified atom stereocenters. The van der Waals surface area contributed by atoms with Gasteiger partial charge in [0.25, 0.3) is 0 Å². The summed E-state index contributed by atoms with van der Waals surface area (Å²) >= 11 is 7.23. The van der Waals surface area contributed by atoms with Crippen molar-refractivity contribution in [2.75, 3.05) is 59.3 Å². The highest BCUT2D eigenvalue weighted by atomic mass is 35.5. The third kappa shape index (κ3) is 18.9. The van der Waals surface area contributed by atoms with Crippen LogP contribution in [0.15, 0.2) is 97.1 Å². The first-order chi connectivity index (χ1) is 58.4. The van der Waals surface area contributed by atoms with Crippen molar-refractivity contribution in [2.45, 2.75) is 157 Å². The molecule has 0 spiro atoms. The molecule has 6 aromatic carbocycles. The van der Waals surface area contributed by atoms with Crippen LogP contribution in [-0.2, 0) is 47.8 Å². The van der Waals surface area contributed by atoms with Gasteiger partial charge in [-0.05, 0) is 184 Å². The Hall–Kier alpha value is -11.8. The third-order valence-electron chi connectivity index (χ3n) is 23.3. The van der Waals surface area contributed by atoms with E-state index in [1.807, 2.05) is 13.8 Å². The van der Waals surface area contributed by atoms with Crippen molar-refractivity contribution in [2.24, 2.45) is 29.6 Å². The van der Waals surface area contributed by atoms with Gasteiger partial charge in [0.2, 0.25) is 59.3 Å². The number of carbonyl (C=O) groups is 10. The lowest BCUT2D eigenvalue weighted by molar-refractivity contribution is -0.275. The lowest BCUT2D eigenvalue weighted by Crippen LogP contribution is -2.65. The van der Waals surface area contributed by atoms with E-state index < -0.39 is 191 Å². The second kappa shape index (κ2) is 36.9. The molecule has 4 aliphatic carbocycles. The average molecular weight is 1710 g/mol. The number of ether oxygens (including phenoxy) is 7. The summed E-state index contributed by atoms with van der Waals surface area (Å²) in [5, 5.41) is 119. The first-order valence-corrected chi connectivity index (χ1v) is 40.7. The standard InChI is InChI=1S/C84H98ClN13O24/c1-35(2)17-52(88-6)75(107)97-67-69(103)40-8-11-56(36(3)18-40)118-58-26-44-27-59(73(58)121-82-72(106)71(105)74-60(120-82)34-89-84(115)122-74)119-57-12-9-41(25-51(57)85)70(104)68-81(113)96-66(79(111)93-63-42-20-37-19-38(22-42)23-43(63)21-37)50-30-46(99)31-55(101)62(50)49-24-39(7-10-54(49)100)64(77(109)98-68)95-78(110)65(44)94-76(108)53(91-80(67)112)33-61(102)92-83(114)90-45-28-47(116-15-13-86-4)32-48(29-45)117-16-14-87-5/h7-12,18,24-32,35,37-38,42-43,52-53,60,63-72,74,82,86-88,99-101,103-106H,13-17,19-23,33-34H2,1-6H3,(H,89,115)(H,91,112)(H,93,111)(H,94,108)(H,95,110)(H,96,113)(H,97,107)(H,98,109)(H2,90,92,102,114)/t37?,38?,42?,43?,52-,53+,60-,63?,64-,65-,66+,67-,68+,69-,70-,71-,72-,74-,82+/m1/s1. The highest BCUT2D eigenvalue weighted by Crippen LogP contribution is 2.55. The molecule has 38 heteroatoms. The number of hydrogen-bond acceptors (Lipinski definition) is 27. The van der Waals surface area contributed by atoms with E-state index in [4.69, 9.17) is 44.8 Å². The molecular weight excluding hydrogens is 1610 g/mol. The van der Waals surface area contributed by atoms with E-state index in [9.17, 15) is 54.9 Å². The first kappa shape index (κ1) is 86.6. The van der Waals surface area contributed by atoms with Crippen molar-refractivity contribution in [3.63, 3.8) is 0 Å². The van der Waals surface area contributed by atoms with Crippen molar-refractivity contribution < 1.29 is 117 Å². The van der Waals surface area contributed by atoms with Gasteiger partial charge < -0.3 is 133 Å². The zero-order valence-electron chi connectivity index (χ0n) is 67.2. The number of alkyl carbamates (subject to hydrolysis) is 1. The average Bonchev–Trinajstić information content (AvgIpc) is 0.754. The molecule has 650 valence electrons. The quantitative estimate of drug-likeness (QED) is 0.0488. The Morgan fingerprint density at radius 2 is 1.25 bits per heavy atom. The summed E-state index contributed by atoms with van der Waals surface area (Å²) in [6.07, 6.45) is -10.4. The number of hydrogen-bond donors (Lipinski definition) is 20. The minimum Gasteiger partial charge on any atom is -0.508 e. The highest BCUT2D eigenvalue weighted by molar-refractivity contribution is 6.32. The molecule has 37 nitrogen and oxygen atoms in total. The molecule has 0 aromatic heterocycles. The van der Waals surface area contributed by atoms with Gasteiger partial charge in [-0.25, -0.2) is 9.59 Å². The number of aliphatic hydroxyl groups excluding tert-OH is 4. The highest BCUT2D eigenvalue weighted by Gasteiger charge is 2.53. The first-order valence-electron chi connectivity index (χ1n) is 40.3. The monoisotopic (exact) mass is 1710 g/mol. The lowest BCUT2D eigenvalue weighted by Gasteiger charge is -2.54. The van der Waals surface area contributed by atoms with Crippen molar-refractivity contribution in [3.05, 3.63) is 135 Å². The third-order valence-corrected chi connectivity index (χ3v) is 23.6. The second-order valence-electron chi connectivity index (χ2n) is 32.4. The summed E-state index contributed by atoms with van der Waals surface area (Å²) in [6.45, 7) is 6.11. The van der Waals surface area contributed by atoms with Crippen LogP contribution in [0, 0.1) is 36.5 Å². The normalized spacial score (nSPS) is 27.3. The Morgan fingerprint density at radius 1 is 0.623 bits per heavy atom. The van der Waals surface area contributed by atoms with Crippen LogP contribution in [0.25, 0.3) is 11.1 Å². The molecular formula is C84H98ClN13O24. The van der Waals surface area contributed by atoms with E-state index in [0.29, 0.717) is 24.9 Å². The maximum Gasteiger partial charge on any atom is 0.407 e. The number of fused-ring (bicyclic) bond motifs is 16. The number of benzene rings is 6. The van der Waals surface area contributed by atoms with Gasteiger partial charge in [-0.1, -0.05) is 43.6 Å². The summed E-state index contributed by atoms with van der Waals surface area (Å²) in [7, 11) is 4.92. The Labute approximate surface area is 704 Å². The number of urea groups is 1. The van der Waals surface area contributed by atoms with Gasteiger partial charge in [0.15, 0.2) is 17.6 Å².